The van der Waals surface area contributed by atoms with E-state index in [2.05, 4.69) is 30.3 Å². The Balaban J connectivity index is 2.12. The van der Waals surface area contributed by atoms with E-state index in [-0.39, 0.29) is 0 Å². The number of aromatic nitrogens is 2. The van der Waals surface area contributed by atoms with Gasteiger partial charge in [0.2, 0.25) is 4.80 Å². The van der Waals surface area contributed by atoms with Gasteiger partial charge in [-0.3, -0.25) is 9.36 Å². The molecular weight excluding hydrogens is 330 g/mol. The quantitative estimate of drug-likeness (QED) is 0.721. The maximum atomic E-state index is 5.39. The van der Waals surface area contributed by atoms with E-state index >= 15 is 0 Å². The summed E-state index contributed by atoms with van der Waals surface area (Å²) in [6.07, 6.45) is 2.42. The van der Waals surface area contributed by atoms with E-state index < -0.39 is 0 Å². The molecule has 94 valence electrons. The van der Waals surface area contributed by atoms with Crippen LogP contribution in [0.5, 0.6) is 0 Å². The average Bonchev–Trinajstić information content (AvgIpc) is 2.70. The third-order valence-electron chi connectivity index (χ3n) is 2.94. The fourth-order valence-corrected chi connectivity index (χ4v) is 3.62. The van der Waals surface area contributed by atoms with Crippen LogP contribution in [-0.2, 0) is 13.1 Å². The molecule has 0 amide bonds. The Morgan fingerprint density at radius 1 is 1.11 bits per heavy atom. The summed E-state index contributed by atoms with van der Waals surface area (Å²) in [7, 11) is 0. The molecule has 0 unspecified atom stereocenters. The highest BCUT2D eigenvalue weighted by molar-refractivity contribution is 9.10. The lowest BCUT2D eigenvalue weighted by atomic mass is 10.3. The van der Waals surface area contributed by atoms with Gasteiger partial charge in [-0.1, -0.05) is 27.3 Å². The van der Waals surface area contributed by atoms with E-state index in [1.54, 1.807) is 11.3 Å². The van der Waals surface area contributed by atoms with Gasteiger partial charge < -0.3 is 0 Å². The number of hydrogen-bond donors (Lipinski definition) is 0. The molecule has 3 rings (SSSR count). The van der Waals surface area contributed by atoms with Crippen molar-refractivity contribution in [3.05, 3.63) is 37.5 Å². The molecule has 0 N–H and O–H groups in total. The van der Waals surface area contributed by atoms with Crippen molar-refractivity contribution in [2.45, 2.75) is 25.9 Å². The van der Waals surface area contributed by atoms with Gasteiger partial charge in [0.25, 0.3) is 0 Å². The Kier molecular flexibility index (Phi) is 3.50. The fraction of sp³-hybridized carbons (Fsp3) is 0.333. The molecule has 1 aromatic carbocycles. The molecule has 1 aliphatic heterocycles. The highest BCUT2D eigenvalue weighted by Crippen LogP contribution is 2.17. The van der Waals surface area contributed by atoms with Crippen LogP contribution in [-0.4, -0.2) is 9.36 Å². The average molecular weight is 342 g/mol. The molecule has 0 bridgehead atoms. The van der Waals surface area contributed by atoms with Gasteiger partial charge in [-0.05, 0) is 49.3 Å². The summed E-state index contributed by atoms with van der Waals surface area (Å²) in [4.78, 5) is 5.69. The van der Waals surface area contributed by atoms with Gasteiger partial charge in [-0.25, -0.2) is 4.99 Å². The molecule has 1 aromatic heterocycles. The first-order valence-corrected chi connectivity index (χ1v) is 7.87. The number of rotatable bonds is 1. The monoisotopic (exact) mass is 341 g/mol. The van der Waals surface area contributed by atoms with Crippen LogP contribution in [0.3, 0.4) is 0 Å². The summed E-state index contributed by atoms with van der Waals surface area (Å²) in [6.45, 7) is 2.04. The van der Waals surface area contributed by atoms with Crippen molar-refractivity contribution in [3.63, 3.8) is 0 Å². The molecular formula is C12H12BrN3S2. The molecule has 0 spiro atoms. The van der Waals surface area contributed by atoms with Gasteiger partial charge in [0.05, 0.1) is 5.69 Å². The predicted octanol–water partition coefficient (Wildman–Crippen LogP) is 3.87. The summed E-state index contributed by atoms with van der Waals surface area (Å²) in [5.41, 5.74) is 0.968. The van der Waals surface area contributed by atoms with Gasteiger partial charge >= 0.3 is 0 Å². The number of halogens is 1. The first kappa shape index (κ1) is 12.3. The van der Waals surface area contributed by atoms with E-state index in [0.29, 0.717) is 0 Å². The molecule has 0 aliphatic carbocycles. The summed E-state index contributed by atoms with van der Waals surface area (Å²) < 4.78 is 6.37. The minimum absolute atomic E-state index is 0.922. The van der Waals surface area contributed by atoms with Gasteiger partial charge in [0.1, 0.15) is 0 Å². The zero-order chi connectivity index (χ0) is 12.5. The molecule has 0 saturated heterocycles. The topological polar surface area (TPSA) is 22.2 Å². The van der Waals surface area contributed by atoms with E-state index in [1.807, 2.05) is 24.3 Å². The molecule has 1 aliphatic rings. The van der Waals surface area contributed by atoms with Crippen LogP contribution in [0, 0.1) is 3.95 Å². The SMILES string of the molecule is S=c1sc(=Nc2ccc(Br)cc2)n2n1CCCC2. The smallest absolute Gasteiger partial charge is 0.207 e. The van der Waals surface area contributed by atoms with Crippen LogP contribution in [0.4, 0.5) is 5.69 Å². The number of hydrogen-bond acceptors (Lipinski definition) is 3. The Bertz CT molecular complexity index is 679. The van der Waals surface area contributed by atoms with Crippen LogP contribution >= 0.6 is 39.5 Å². The first-order chi connectivity index (χ1) is 8.74. The normalized spacial score (nSPS) is 15.7. The van der Waals surface area contributed by atoms with Gasteiger partial charge in [0, 0.05) is 17.6 Å². The highest BCUT2D eigenvalue weighted by atomic mass is 79.9. The first-order valence-electron chi connectivity index (χ1n) is 5.85. The van der Waals surface area contributed by atoms with Crippen molar-refractivity contribution in [2.75, 3.05) is 0 Å². The minimum atomic E-state index is 0.922. The lowest BCUT2D eigenvalue weighted by Crippen LogP contribution is -2.27. The van der Waals surface area contributed by atoms with Crippen LogP contribution in [0.2, 0.25) is 0 Å². The van der Waals surface area contributed by atoms with Crippen molar-refractivity contribution in [2.24, 2.45) is 4.99 Å². The lowest BCUT2D eigenvalue weighted by molar-refractivity contribution is 0.350. The molecule has 0 saturated carbocycles. The van der Waals surface area contributed by atoms with Crippen molar-refractivity contribution in [1.29, 1.82) is 0 Å². The Labute approximate surface area is 123 Å². The second-order valence-electron chi connectivity index (χ2n) is 4.19. The maximum absolute atomic E-state index is 5.39. The summed E-state index contributed by atoms with van der Waals surface area (Å²) in [5.74, 6) is 0. The zero-order valence-electron chi connectivity index (χ0n) is 9.67. The lowest BCUT2D eigenvalue weighted by Gasteiger charge is -2.16. The van der Waals surface area contributed by atoms with E-state index in [4.69, 9.17) is 12.2 Å². The zero-order valence-corrected chi connectivity index (χ0v) is 12.9. The minimum Gasteiger partial charge on any atom is -0.264 e. The maximum Gasteiger partial charge on any atom is 0.207 e. The largest absolute Gasteiger partial charge is 0.264 e. The van der Waals surface area contributed by atoms with E-state index in [1.165, 1.54) is 12.8 Å². The van der Waals surface area contributed by atoms with Crippen LogP contribution in [0.1, 0.15) is 12.8 Å². The van der Waals surface area contributed by atoms with Gasteiger partial charge in [0.15, 0.2) is 3.95 Å². The van der Waals surface area contributed by atoms with Crippen LogP contribution < -0.4 is 4.80 Å². The van der Waals surface area contributed by atoms with E-state index in [9.17, 15) is 0 Å². The fourth-order valence-electron chi connectivity index (χ4n) is 2.04. The van der Waals surface area contributed by atoms with Crippen LogP contribution in [0.15, 0.2) is 33.7 Å². The highest BCUT2D eigenvalue weighted by Gasteiger charge is 2.10. The van der Waals surface area contributed by atoms with Crippen molar-refractivity contribution in [3.8, 4) is 0 Å². The van der Waals surface area contributed by atoms with Crippen LogP contribution in [0.25, 0.3) is 0 Å². The molecule has 0 atom stereocenters. The standard InChI is InChI=1S/C12H12BrN3S2/c13-9-3-5-10(6-4-9)14-11-15-7-1-2-8-16(15)12(17)18-11/h3-6H,1-2,7-8H2. The van der Waals surface area contributed by atoms with Crippen molar-refractivity contribution >= 4 is 45.2 Å². The predicted molar refractivity (Wildman–Crippen MR) is 79.7 cm³/mol. The number of benzene rings is 1. The van der Waals surface area contributed by atoms with Crippen molar-refractivity contribution < 1.29 is 0 Å². The Hall–Kier alpha value is -0.720. The van der Waals surface area contributed by atoms with Gasteiger partial charge in [-0.15, -0.1) is 0 Å². The summed E-state index contributed by atoms with van der Waals surface area (Å²) in [5, 5.41) is 0. The number of fused-ring (bicyclic) bond motifs is 1. The third kappa shape index (κ3) is 2.37. The third-order valence-corrected chi connectivity index (χ3v) is 4.80. The molecule has 0 radical (unpaired) electrons. The summed E-state index contributed by atoms with van der Waals surface area (Å²) >= 11 is 10.4. The number of nitrogens with zero attached hydrogens (tertiary/aromatic N) is 3. The molecule has 0 fully saturated rings. The molecule has 6 heteroatoms. The molecule has 3 nitrogen and oxygen atoms in total. The Morgan fingerprint density at radius 2 is 1.78 bits per heavy atom. The van der Waals surface area contributed by atoms with Crippen molar-refractivity contribution in [1.82, 2.24) is 9.36 Å². The second kappa shape index (κ2) is 5.11. The molecule has 2 heterocycles. The molecule has 2 aromatic rings. The second-order valence-corrected chi connectivity index (χ2v) is 6.71. The molecule has 18 heavy (non-hydrogen) atoms. The summed E-state index contributed by atoms with van der Waals surface area (Å²) in [6, 6.07) is 8.03. The van der Waals surface area contributed by atoms with Gasteiger partial charge in [-0.2, -0.15) is 0 Å². The van der Waals surface area contributed by atoms with E-state index in [0.717, 1.165) is 32.0 Å². The Morgan fingerprint density at radius 3 is 2.50 bits per heavy atom.